The van der Waals surface area contributed by atoms with E-state index in [9.17, 15) is 4.79 Å². The Morgan fingerprint density at radius 3 is 2.88 bits per heavy atom. The maximum Gasteiger partial charge on any atom is 0.339 e. The van der Waals surface area contributed by atoms with Crippen LogP contribution in [0.25, 0.3) is 0 Å². The van der Waals surface area contributed by atoms with Gasteiger partial charge in [0.15, 0.2) is 0 Å². The first kappa shape index (κ1) is 16.4. The fourth-order valence-corrected chi connectivity index (χ4v) is 3.28. The van der Waals surface area contributed by atoms with Crippen LogP contribution in [0, 0.1) is 6.92 Å². The molecule has 0 unspecified atom stereocenters. The number of allylic oxidation sites excluding steroid dienone is 2. The van der Waals surface area contributed by atoms with Gasteiger partial charge in [-0.05, 0) is 43.9 Å². The molecule has 3 rings (SSSR count). The minimum absolute atomic E-state index is 0.0560. The molecule has 0 aliphatic heterocycles. The van der Waals surface area contributed by atoms with Gasteiger partial charge in [0.1, 0.15) is 0 Å². The summed E-state index contributed by atoms with van der Waals surface area (Å²) < 4.78 is 5.09. The Balaban J connectivity index is 2.07. The van der Waals surface area contributed by atoms with Crippen LogP contribution in [0.1, 0.15) is 58.9 Å². The fraction of sp³-hybridized carbons (Fsp3) is 0.350. The minimum atomic E-state index is -0.351. The van der Waals surface area contributed by atoms with E-state index in [0.717, 1.165) is 18.5 Å². The number of aryl methyl sites for hydroxylation is 1. The molecule has 0 saturated heterocycles. The lowest BCUT2D eigenvalue weighted by Gasteiger charge is -2.27. The second kappa shape index (κ2) is 6.95. The van der Waals surface area contributed by atoms with E-state index in [4.69, 9.17) is 4.74 Å². The van der Waals surface area contributed by atoms with Gasteiger partial charge in [0.25, 0.3) is 0 Å². The van der Waals surface area contributed by atoms with E-state index >= 15 is 0 Å². The van der Waals surface area contributed by atoms with Crippen LogP contribution >= 0.6 is 0 Å². The number of carbonyl (C=O) groups is 1. The predicted molar refractivity (Wildman–Crippen MR) is 93.1 cm³/mol. The van der Waals surface area contributed by atoms with Gasteiger partial charge < -0.3 is 4.74 Å². The second-order valence-electron chi connectivity index (χ2n) is 6.06. The standard InChI is InChI=1S/C20H22N2O2/c1-4-14-8-9-15-7-6-13(3)10-17(15)19(14)18-11-16(12-21-22-18)20(23)24-5-2/h6-8,10-12,19H,4-5,9H2,1-3H3/t19-/m0/s1. The molecule has 0 spiro atoms. The van der Waals surface area contributed by atoms with Crippen molar-refractivity contribution in [1.82, 2.24) is 10.2 Å². The van der Waals surface area contributed by atoms with Crippen molar-refractivity contribution in [2.45, 2.75) is 39.5 Å². The summed E-state index contributed by atoms with van der Waals surface area (Å²) in [5.74, 6) is -0.295. The average molecular weight is 322 g/mol. The lowest BCUT2D eigenvalue weighted by molar-refractivity contribution is 0.0525. The molecule has 24 heavy (non-hydrogen) atoms. The van der Waals surface area contributed by atoms with Crippen LogP contribution in [-0.4, -0.2) is 22.8 Å². The first-order chi connectivity index (χ1) is 11.6. The molecule has 0 bridgehead atoms. The average Bonchev–Trinajstić information content (AvgIpc) is 2.60. The minimum Gasteiger partial charge on any atom is -0.462 e. The number of fused-ring (bicyclic) bond motifs is 1. The molecule has 1 aliphatic carbocycles. The third kappa shape index (κ3) is 3.09. The summed E-state index contributed by atoms with van der Waals surface area (Å²) in [4.78, 5) is 12.0. The maximum atomic E-state index is 12.0. The van der Waals surface area contributed by atoms with E-state index in [1.54, 1.807) is 6.92 Å². The Morgan fingerprint density at radius 1 is 1.29 bits per heavy atom. The molecular weight excluding hydrogens is 300 g/mol. The summed E-state index contributed by atoms with van der Waals surface area (Å²) in [5, 5.41) is 8.38. The highest BCUT2D eigenvalue weighted by Gasteiger charge is 2.26. The van der Waals surface area contributed by atoms with Crippen molar-refractivity contribution in [3.8, 4) is 0 Å². The number of aromatic nitrogens is 2. The van der Waals surface area contributed by atoms with Crippen molar-refractivity contribution in [3.05, 3.63) is 70.1 Å². The van der Waals surface area contributed by atoms with E-state index in [1.165, 1.54) is 28.5 Å². The summed E-state index contributed by atoms with van der Waals surface area (Å²) in [6.07, 6.45) is 5.64. The van der Waals surface area contributed by atoms with Gasteiger partial charge in [0.2, 0.25) is 0 Å². The highest BCUT2D eigenvalue weighted by molar-refractivity contribution is 5.89. The van der Waals surface area contributed by atoms with Gasteiger partial charge in [0.05, 0.1) is 24.1 Å². The molecule has 124 valence electrons. The van der Waals surface area contributed by atoms with Crippen molar-refractivity contribution < 1.29 is 9.53 Å². The Labute approximate surface area is 142 Å². The van der Waals surface area contributed by atoms with Crippen LogP contribution in [0.3, 0.4) is 0 Å². The second-order valence-corrected chi connectivity index (χ2v) is 6.06. The van der Waals surface area contributed by atoms with Gasteiger partial charge in [-0.25, -0.2) is 4.79 Å². The van der Waals surface area contributed by atoms with Gasteiger partial charge in [-0.1, -0.05) is 42.3 Å². The SMILES string of the molecule is CCOC(=O)c1cnnc([C@H]2C(CC)=CCc3ccc(C)cc32)c1. The zero-order valence-electron chi connectivity index (χ0n) is 14.4. The van der Waals surface area contributed by atoms with Gasteiger partial charge in [-0.15, -0.1) is 0 Å². The Hall–Kier alpha value is -2.49. The third-order valence-electron chi connectivity index (χ3n) is 4.46. The highest BCUT2D eigenvalue weighted by atomic mass is 16.5. The van der Waals surface area contributed by atoms with E-state index in [2.05, 4.69) is 48.3 Å². The lowest BCUT2D eigenvalue weighted by atomic mass is 9.78. The van der Waals surface area contributed by atoms with E-state index in [-0.39, 0.29) is 11.9 Å². The first-order valence-corrected chi connectivity index (χ1v) is 8.42. The van der Waals surface area contributed by atoms with Crippen molar-refractivity contribution in [2.75, 3.05) is 6.61 Å². The summed E-state index contributed by atoms with van der Waals surface area (Å²) in [6, 6.07) is 8.36. The number of esters is 1. The quantitative estimate of drug-likeness (QED) is 0.631. The zero-order chi connectivity index (χ0) is 17.1. The number of hydrogen-bond acceptors (Lipinski definition) is 4. The molecule has 4 heteroatoms. The summed E-state index contributed by atoms with van der Waals surface area (Å²) in [7, 11) is 0. The molecule has 2 aromatic rings. The molecule has 0 radical (unpaired) electrons. The zero-order valence-corrected chi connectivity index (χ0v) is 14.4. The van der Waals surface area contributed by atoms with Gasteiger partial charge in [-0.2, -0.15) is 10.2 Å². The number of ether oxygens (including phenoxy) is 1. The summed E-state index contributed by atoms with van der Waals surface area (Å²) >= 11 is 0. The molecule has 1 aromatic heterocycles. The topological polar surface area (TPSA) is 52.1 Å². The van der Waals surface area contributed by atoms with Crippen LogP contribution in [0.4, 0.5) is 0 Å². The molecule has 1 aliphatic rings. The molecule has 1 aromatic carbocycles. The number of nitrogens with zero attached hydrogens (tertiary/aromatic N) is 2. The highest BCUT2D eigenvalue weighted by Crippen LogP contribution is 2.38. The Bertz CT molecular complexity index is 796. The molecule has 0 amide bonds. The summed E-state index contributed by atoms with van der Waals surface area (Å²) in [6.45, 7) is 6.40. The molecule has 1 atom stereocenters. The van der Waals surface area contributed by atoms with Crippen molar-refractivity contribution in [3.63, 3.8) is 0 Å². The molecule has 0 saturated carbocycles. The smallest absolute Gasteiger partial charge is 0.339 e. The summed E-state index contributed by atoms with van der Waals surface area (Å²) in [5.41, 5.74) is 6.39. The van der Waals surface area contributed by atoms with Crippen LogP contribution in [0.5, 0.6) is 0 Å². The molecule has 0 N–H and O–H groups in total. The largest absolute Gasteiger partial charge is 0.462 e. The predicted octanol–water partition coefficient (Wildman–Crippen LogP) is 3.99. The van der Waals surface area contributed by atoms with Crippen LogP contribution in [-0.2, 0) is 11.2 Å². The number of benzene rings is 1. The molecular formula is C20H22N2O2. The van der Waals surface area contributed by atoms with E-state index in [1.807, 2.05) is 6.07 Å². The third-order valence-corrected chi connectivity index (χ3v) is 4.46. The van der Waals surface area contributed by atoms with Crippen LogP contribution in [0.15, 0.2) is 42.1 Å². The lowest BCUT2D eigenvalue weighted by Crippen LogP contribution is -2.16. The first-order valence-electron chi connectivity index (χ1n) is 8.42. The fourth-order valence-electron chi connectivity index (χ4n) is 3.28. The van der Waals surface area contributed by atoms with Crippen LogP contribution < -0.4 is 0 Å². The van der Waals surface area contributed by atoms with Crippen molar-refractivity contribution >= 4 is 5.97 Å². The maximum absolute atomic E-state index is 12.0. The normalized spacial score (nSPS) is 16.3. The number of carbonyl (C=O) groups excluding carboxylic acids is 1. The van der Waals surface area contributed by atoms with Gasteiger partial charge in [-0.3, -0.25) is 0 Å². The van der Waals surface area contributed by atoms with Crippen molar-refractivity contribution in [2.24, 2.45) is 0 Å². The Kier molecular flexibility index (Phi) is 4.74. The number of rotatable bonds is 4. The van der Waals surface area contributed by atoms with Gasteiger partial charge >= 0.3 is 5.97 Å². The molecule has 0 fully saturated rings. The Morgan fingerprint density at radius 2 is 2.12 bits per heavy atom. The monoisotopic (exact) mass is 322 g/mol. The van der Waals surface area contributed by atoms with E-state index < -0.39 is 0 Å². The molecule has 1 heterocycles. The number of hydrogen-bond donors (Lipinski definition) is 0. The van der Waals surface area contributed by atoms with E-state index in [0.29, 0.717) is 12.2 Å². The van der Waals surface area contributed by atoms with Crippen LogP contribution in [0.2, 0.25) is 0 Å². The molecule has 4 nitrogen and oxygen atoms in total. The van der Waals surface area contributed by atoms with Gasteiger partial charge in [0, 0.05) is 5.92 Å². The van der Waals surface area contributed by atoms with Crippen molar-refractivity contribution in [1.29, 1.82) is 0 Å².